The van der Waals surface area contributed by atoms with Crippen LogP contribution in [0.2, 0.25) is 5.82 Å². The zero-order valence-corrected chi connectivity index (χ0v) is 8.01. The molecule has 2 radical (unpaired) electrons. The van der Waals surface area contributed by atoms with Crippen molar-refractivity contribution in [3.63, 3.8) is 0 Å². The Morgan fingerprint density at radius 1 is 1.00 bits per heavy atom. The molecule has 1 aliphatic carbocycles. The lowest BCUT2D eigenvalue weighted by molar-refractivity contribution is 0.405. The molecule has 0 spiro atoms. The number of hydrogen-bond donors (Lipinski definition) is 0. The second kappa shape index (κ2) is 3.64. The second-order valence-electron chi connectivity index (χ2n) is 4.45. The monoisotopic (exact) mass is 150 g/mol. The molecule has 1 heteroatoms. The van der Waals surface area contributed by atoms with Crippen molar-refractivity contribution in [3.8, 4) is 0 Å². The highest BCUT2D eigenvalue weighted by molar-refractivity contribution is 6.12. The van der Waals surface area contributed by atoms with Gasteiger partial charge in [-0.1, -0.05) is 39.4 Å². The van der Waals surface area contributed by atoms with Crippen LogP contribution in [0.25, 0.3) is 0 Å². The maximum Gasteiger partial charge on any atom is 0.0706 e. The summed E-state index contributed by atoms with van der Waals surface area (Å²) in [7, 11) is 6.08. The summed E-state index contributed by atoms with van der Waals surface area (Å²) in [5.74, 6) is 2.79. The molecular formula is C10H19B. The second-order valence-corrected chi connectivity index (χ2v) is 4.45. The van der Waals surface area contributed by atoms with Crippen LogP contribution in [-0.4, -0.2) is 7.85 Å². The Bertz CT molecular complexity index is 122. The molecule has 0 aromatic carbocycles. The molecule has 0 aromatic rings. The SMILES string of the molecule is [B]C1C(C)CCC(C)CC1C. The van der Waals surface area contributed by atoms with Crippen LogP contribution in [0.4, 0.5) is 0 Å². The van der Waals surface area contributed by atoms with Gasteiger partial charge in [0, 0.05) is 0 Å². The molecule has 0 aliphatic heterocycles. The molecule has 1 fully saturated rings. The van der Waals surface area contributed by atoms with E-state index >= 15 is 0 Å². The van der Waals surface area contributed by atoms with Crippen LogP contribution in [0.1, 0.15) is 40.0 Å². The summed E-state index contributed by atoms with van der Waals surface area (Å²) in [6.07, 6.45) is 4.03. The average molecular weight is 150 g/mol. The van der Waals surface area contributed by atoms with Crippen molar-refractivity contribution in [2.75, 3.05) is 0 Å². The first-order valence-corrected chi connectivity index (χ1v) is 4.87. The Balaban J connectivity index is 2.53. The van der Waals surface area contributed by atoms with E-state index in [0.717, 1.165) is 17.8 Å². The summed E-state index contributed by atoms with van der Waals surface area (Å²) in [5.41, 5.74) is 0. The molecule has 1 aliphatic rings. The molecule has 0 amide bonds. The van der Waals surface area contributed by atoms with E-state index in [1.165, 1.54) is 19.3 Å². The van der Waals surface area contributed by atoms with Gasteiger partial charge in [0.15, 0.2) is 0 Å². The predicted octanol–water partition coefficient (Wildman–Crippen LogP) is 3.04. The maximum absolute atomic E-state index is 6.08. The lowest BCUT2D eigenvalue weighted by Crippen LogP contribution is -2.11. The first-order valence-electron chi connectivity index (χ1n) is 4.87. The highest BCUT2D eigenvalue weighted by Gasteiger charge is 2.24. The topological polar surface area (TPSA) is 0 Å². The fourth-order valence-corrected chi connectivity index (χ4v) is 2.21. The third kappa shape index (κ3) is 2.25. The van der Waals surface area contributed by atoms with Crippen LogP contribution in [0.3, 0.4) is 0 Å². The normalized spacial score (nSPS) is 46.8. The van der Waals surface area contributed by atoms with Crippen molar-refractivity contribution in [3.05, 3.63) is 0 Å². The molecule has 1 saturated carbocycles. The first-order chi connectivity index (χ1) is 5.11. The lowest BCUT2D eigenvalue weighted by Gasteiger charge is -2.22. The Morgan fingerprint density at radius 3 is 2.27 bits per heavy atom. The van der Waals surface area contributed by atoms with E-state index in [1.54, 1.807) is 0 Å². The fraction of sp³-hybridized carbons (Fsp3) is 1.00. The molecule has 0 heterocycles. The fourth-order valence-electron chi connectivity index (χ4n) is 2.21. The van der Waals surface area contributed by atoms with Gasteiger partial charge in [0.25, 0.3) is 0 Å². The molecule has 11 heavy (non-hydrogen) atoms. The smallest absolute Gasteiger partial charge is 0.0706 e. The maximum atomic E-state index is 6.08. The van der Waals surface area contributed by atoms with Crippen LogP contribution in [0.15, 0.2) is 0 Å². The van der Waals surface area contributed by atoms with Crippen molar-refractivity contribution < 1.29 is 0 Å². The largest absolute Gasteiger partial charge is 0.0723 e. The zero-order chi connectivity index (χ0) is 8.43. The van der Waals surface area contributed by atoms with Gasteiger partial charge in [-0.3, -0.25) is 0 Å². The van der Waals surface area contributed by atoms with E-state index in [1.807, 2.05) is 0 Å². The molecule has 4 atom stereocenters. The number of hydrogen-bond acceptors (Lipinski definition) is 0. The van der Waals surface area contributed by atoms with Crippen molar-refractivity contribution in [1.29, 1.82) is 0 Å². The van der Waals surface area contributed by atoms with Crippen molar-refractivity contribution in [2.45, 2.75) is 45.9 Å². The quantitative estimate of drug-likeness (QED) is 0.367. The molecule has 62 valence electrons. The van der Waals surface area contributed by atoms with Crippen LogP contribution in [0.5, 0.6) is 0 Å². The molecule has 4 unspecified atom stereocenters. The summed E-state index contributed by atoms with van der Waals surface area (Å²) in [6.45, 7) is 6.93. The highest BCUT2D eigenvalue weighted by Crippen LogP contribution is 2.37. The summed E-state index contributed by atoms with van der Waals surface area (Å²) in [5, 5.41) is 0. The van der Waals surface area contributed by atoms with Gasteiger partial charge in [-0.05, 0) is 24.2 Å². The zero-order valence-electron chi connectivity index (χ0n) is 8.01. The first kappa shape index (κ1) is 9.16. The van der Waals surface area contributed by atoms with Crippen molar-refractivity contribution >= 4 is 7.85 Å². The van der Waals surface area contributed by atoms with E-state index in [0.29, 0.717) is 5.82 Å². The Kier molecular flexibility index (Phi) is 3.03. The van der Waals surface area contributed by atoms with E-state index in [9.17, 15) is 0 Å². The third-order valence-electron chi connectivity index (χ3n) is 3.20. The summed E-state index contributed by atoms with van der Waals surface area (Å²) in [4.78, 5) is 0. The molecule has 0 N–H and O–H groups in total. The summed E-state index contributed by atoms with van der Waals surface area (Å²) < 4.78 is 0. The van der Waals surface area contributed by atoms with E-state index in [-0.39, 0.29) is 0 Å². The minimum atomic E-state index is 0.444. The summed E-state index contributed by atoms with van der Waals surface area (Å²) >= 11 is 0. The van der Waals surface area contributed by atoms with Gasteiger partial charge in [0.1, 0.15) is 0 Å². The Labute approximate surface area is 72.2 Å². The minimum absolute atomic E-state index is 0.444. The van der Waals surface area contributed by atoms with Gasteiger partial charge in [-0.15, -0.1) is 0 Å². The van der Waals surface area contributed by atoms with Crippen molar-refractivity contribution in [2.24, 2.45) is 17.8 Å². The van der Waals surface area contributed by atoms with Gasteiger partial charge in [0.2, 0.25) is 0 Å². The van der Waals surface area contributed by atoms with Crippen molar-refractivity contribution in [1.82, 2.24) is 0 Å². The molecular weight excluding hydrogens is 131 g/mol. The van der Waals surface area contributed by atoms with Gasteiger partial charge in [-0.25, -0.2) is 0 Å². The minimum Gasteiger partial charge on any atom is -0.0723 e. The Hall–Kier alpha value is 0.0649. The van der Waals surface area contributed by atoms with E-state index in [2.05, 4.69) is 20.8 Å². The highest BCUT2D eigenvalue weighted by atomic mass is 14.3. The predicted molar refractivity (Wildman–Crippen MR) is 50.8 cm³/mol. The molecule has 0 bridgehead atoms. The van der Waals surface area contributed by atoms with Crippen LogP contribution in [0, 0.1) is 17.8 Å². The van der Waals surface area contributed by atoms with Crippen LogP contribution >= 0.6 is 0 Å². The number of rotatable bonds is 0. The molecule has 1 rings (SSSR count). The Morgan fingerprint density at radius 2 is 1.64 bits per heavy atom. The molecule has 0 saturated heterocycles. The lowest BCUT2D eigenvalue weighted by atomic mass is 9.69. The van der Waals surface area contributed by atoms with E-state index in [4.69, 9.17) is 7.85 Å². The molecule has 0 aromatic heterocycles. The van der Waals surface area contributed by atoms with E-state index < -0.39 is 0 Å². The van der Waals surface area contributed by atoms with Gasteiger partial charge < -0.3 is 0 Å². The van der Waals surface area contributed by atoms with Crippen LogP contribution < -0.4 is 0 Å². The molecule has 0 nitrogen and oxygen atoms in total. The van der Waals surface area contributed by atoms with Gasteiger partial charge in [-0.2, -0.15) is 0 Å². The van der Waals surface area contributed by atoms with Gasteiger partial charge in [0.05, 0.1) is 7.85 Å². The third-order valence-corrected chi connectivity index (χ3v) is 3.20. The van der Waals surface area contributed by atoms with Gasteiger partial charge >= 0.3 is 0 Å². The average Bonchev–Trinajstić information content (AvgIpc) is 2.05. The van der Waals surface area contributed by atoms with Crippen LogP contribution in [-0.2, 0) is 0 Å². The summed E-state index contributed by atoms with van der Waals surface area (Å²) in [6, 6.07) is 0. The standard InChI is InChI=1S/C10H19B/c1-7-4-5-8(2)10(11)9(3)6-7/h7-10H,4-6H2,1-3H3.